The van der Waals surface area contributed by atoms with Crippen molar-refractivity contribution in [2.75, 3.05) is 25.5 Å². The molecule has 22 heavy (non-hydrogen) atoms. The predicted octanol–water partition coefficient (Wildman–Crippen LogP) is 1.44. The Bertz CT molecular complexity index is 713. The molecular weight excluding hydrogens is 278 g/mol. The number of hydrogen-bond acceptors (Lipinski definition) is 5. The molecule has 114 valence electrons. The number of fused-ring (bicyclic) bond motifs is 1. The fraction of sp³-hybridized carbons (Fsp3) is 0.375. The number of aryl methyl sites for hydroxylation is 1. The maximum Gasteiger partial charge on any atom is 0.257 e. The number of pyridine rings is 1. The largest absolute Gasteiger partial charge is 0.347 e. The number of nitrogens with zero attached hydrogens (tertiary/aromatic N) is 5. The zero-order chi connectivity index (χ0) is 15.7. The summed E-state index contributed by atoms with van der Waals surface area (Å²) in [6.07, 6.45) is 4.21. The highest BCUT2D eigenvalue weighted by Crippen LogP contribution is 2.19. The zero-order valence-corrected chi connectivity index (χ0v) is 13.1. The van der Waals surface area contributed by atoms with Crippen molar-refractivity contribution >= 4 is 11.9 Å². The van der Waals surface area contributed by atoms with Crippen LogP contribution in [-0.4, -0.2) is 46.4 Å². The van der Waals surface area contributed by atoms with E-state index in [2.05, 4.69) is 15.0 Å². The van der Waals surface area contributed by atoms with Crippen molar-refractivity contribution in [3.05, 3.63) is 47.0 Å². The van der Waals surface area contributed by atoms with E-state index in [1.165, 1.54) is 0 Å². The topological polar surface area (TPSA) is 62.2 Å². The van der Waals surface area contributed by atoms with E-state index in [-0.39, 0.29) is 5.91 Å². The molecule has 0 radical (unpaired) electrons. The van der Waals surface area contributed by atoms with Gasteiger partial charge in [-0.2, -0.15) is 0 Å². The van der Waals surface area contributed by atoms with Gasteiger partial charge in [0, 0.05) is 51.7 Å². The van der Waals surface area contributed by atoms with Gasteiger partial charge in [0.05, 0.1) is 11.3 Å². The van der Waals surface area contributed by atoms with Crippen LogP contribution in [-0.2, 0) is 13.0 Å². The Morgan fingerprint density at radius 2 is 2.14 bits per heavy atom. The van der Waals surface area contributed by atoms with E-state index in [1.54, 1.807) is 12.4 Å². The highest BCUT2D eigenvalue weighted by Gasteiger charge is 2.24. The predicted molar refractivity (Wildman–Crippen MR) is 83.8 cm³/mol. The van der Waals surface area contributed by atoms with Gasteiger partial charge in [0.25, 0.3) is 5.91 Å². The molecule has 2 aromatic rings. The lowest BCUT2D eigenvalue weighted by molar-refractivity contribution is 0.0732. The standard InChI is InChI=1S/C16H19N5O/c1-11-13(9-18-16(19-11)20(2)3)15(22)21-8-6-14-12(10-21)5-4-7-17-14/h4-5,7,9H,6,8,10H2,1-3H3. The van der Waals surface area contributed by atoms with Gasteiger partial charge in [0.15, 0.2) is 0 Å². The minimum absolute atomic E-state index is 0.0164. The van der Waals surface area contributed by atoms with Gasteiger partial charge in [-0.15, -0.1) is 0 Å². The average molecular weight is 297 g/mol. The van der Waals surface area contributed by atoms with E-state index < -0.39 is 0 Å². The average Bonchev–Trinajstić information content (AvgIpc) is 2.53. The fourth-order valence-corrected chi connectivity index (χ4v) is 2.59. The summed E-state index contributed by atoms with van der Waals surface area (Å²) in [5.74, 6) is 0.597. The molecule has 0 fully saturated rings. The molecule has 0 unspecified atom stereocenters. The van der Waals surface area contributed by atoms with Crippen molar-refractivity contribution in [1.29, 1.82) is 0 Å². The van der Waals surface area contributed by atoms with Crippen LogP contribution in [0.1, 0.15) is 27.3 Å². The molecule has 3 rings (SSSR count). The smallest absolute Gasteiger partial charge is 0.257 e. The third kappa shape index (κ3) is 2.64. The minimum atomic E-state index is -0.0164. The Balaban J connectivity index is 1.83. The van der Waals surface area contributed by atoms with Crippen LogP contribution in [0.25, 0.3) is 0 Å². The van der Waals surface area contributed by atoms with Crippen molar-refractivity contribution in [3.8, 4) is 0 Å². The van der Waals surface area contributed by atoms with Gasteiger partial charge < -0.3 is 9.80 Å². The lowest BCUT2D eigenvalue weighted by atomic mass is 10.0. The van der Waals surface area contributed by atoms with Crippen LogP contribution in [0, 0.1) is 6.92 Å². The van der Waals surface area contributed by atoms with Crippen molar-refractivity contribution in [1.82, 2.24) is 19.9 Å². The molecule has 6 nitrogen and oxygen atoms in total. The quantitative estimate of drug-likeness (QED) is 0.839. The second-order valence-electron chi connectivity index (χ2n) is 5.65. The Kier molecular flexibility index (Phi) is 3.75. The number of hydrogen-bond donors (Lipinski definition) is 0. The molecule has 0 N–H and O–H groups in total. The maximum atomic E-state index is 12.7. The summed E-state index contributed by atoms with van der Waals surface area (Å²) in [7, 11) is 3.76. The summed E-state index contributed by atoms with van der Waals surface area (Å²) in [6, 6.07) is 3.94. The molecule has 0 aliphatic carbocycles. The van der Waals surface area contributed by atoms with Gasteiger partial charge in [-0.3, -0.25) is 9.78 Å². The summed E-state index contributed by atoms with van der Waals surface area (Å²) in [6.45, 7) is 3.12. The Labute approximate surface area is 129 Å². The first-order valence-corrected chi connectivity index (χ1v) is 7.29. The van der Waals surface area contributed by atoms with E-state index in [9.17, 15) is 4.79 Å². The van der Waals surface area contributed by atoms with Gasteiger partial charge >= 0.3 is 0 Å². The Morgan fingerprint density at radius 3 is 2.86 bits per heavy atom. The molecule has 0 saturated carbocycles. The van der Waals surface area contributed by atoms with Crippen LogP contribution >= 0.6 is 0 Å². The molecule has 1 aliphatic heterocycles. The summed E-state index contributed by atoms with van der Waals surface area (Å²) in [5.41, 5.74) is 3.48. The third-order valence-electron chi connectivity index (χ3n) is 3.85. The Hall–Kier alpha value is -2.50. The maximum absolute atomic E-state index is 12.7. The van der Waals surface area contributed by atoms with Crippen LogP contribution in [0.3, 0.4) is 0 Å². The molecule has 1 aliphatic rings. The lowest BCUT2D eigenvalue weighted by Gasteiger charge is -2.28. The summed E-state index contributed by atoms with van der Waals surface area (Å²) < 4.78 is 0. The molecule has 6 heteroatoms. The van der Waals surface area contributed by atoms with Gasteiger partial charge in [-0.25, -0.2) is 9.97 Å². The van der Waals surface area contributed by atoms with Crippen LogP contribution < -0.4 is 4.90 Å². The van der Waals surface area contributed by atoms with Crippen molar-refractivity contribution in [2.45, 2.75) is 19.9 Å². The van der Waals surface area contributed by atoms with E-state index in [0.29, 0.717) is 30.3 Å². The Morgan fingerprint density at radius 1 is 1.32 bits per heavy atom. The number of amides is 1. The van der Waals surface area contributed by atoms with Crippen LogP contribution in [0.4, 0.5) is 5.95 Å². The highest BCUT2D eigenvalue weighted by atomic mass is 16.2. The van der Waals surface area contributed by atoms with Gasteiger partial charge in [-0.1, -0.05) is 6.07 Å². The van der Waals surface area contributed by atoms with E-state index in [1.807, 2.05) is 43.0 Å². The van der Waals surface area contributed by atoms with E-state index in [4.69, 9.17) is 0 Å². The van der Waals surface area contributed by atoms with E-state index in [0.717, 1.165) is 17.7 Å². The van der Waals surface area contributed by atoms with Crippen LogP contribution in [0.15, 0.2) is 24.5 Å². The second-order valence-corrected chi connectivity index (χ2v) is 5.65. The molecule has 0 spiro atoms. The molecule has 0 aromatic carbocycles. The summed E-state index contributed by atoms with van der Waals surface area (Å²) >= 11 is 0. The van der Waals surface area contributed by atoms with Gasteiger partial charge in [-0.05, 0) is 18.6 Å². The normalized spacial score (nSPS) is 13.7. The molecule has 0 saturated heterocycles. The first kappa shape index (κ1) is 14.4. The van der Waals surface area contributed by atoms with E-state index >= 15 is 0 Å². The molecular formula is C16H19N5O. The summed E-state index contributed by atoms with van der Waals surface area (Å²) in [4.78, 5) is 29.4. The minimum Gasteiger partial charge on any atom is -0.347 e. The SMILES string of the molecule is Cc1nc(N(C)C)ncc1C(=O)N1CCc2ncccc2C1. The van der Waals surface area contributed by atoms with Crippen molar-refractivity contribution < 1.29 is 4.79 Å². The van der Waals surface area contributed by atoms with Crippen molar-refractivity contribution in [3.63, 3.8) is 0 Å². The second kappa shape index (κ2) is 5.71. The first-order valence-electron chi connectivity index (χ1n) is 7.29. The van der Waals surface area contributed by atoms with Gasteiger partial charge in [0.2, 0.25) is 5.95 Å². The molecule has 0 bridgehead atoms. The number of carbonyl (C=O) groups is 1. The number of carbonyl (C=O) groups excluding carboxylic acids is 1. The number of rotatable bonds is 2. The highest BCUT2D eigenvalue weighted by molar-refractivity contribution is 5.95. The monoisotopic (exact) mass is 297 g/mol. The van der Waals surface area contributed by atoms with Crippen LogP contribution in [0.5, 0.6) is 0 Å². The molecule has 3 heterocycles. The third-order valence-corrected chi connectivity index (χ3v) is 3.85. The first-order chi connectivity index (χ1) is 10.6. The van der Waals surface area contributed by atoms with Gasteiger partial charge in [0.1, 0.15) is 0 Å². The van der Waals surface area contributed by atoms with Crippen molar-refractivity contribution in [2.24, 2.45) is 0 Å². The lowest BCUT2D eigenvalue weighted by Crippen LogP contribution is -2.37. The number of anilines is 1. The molecule has 0 atom stereocenters. The summed E-state index contributed by atoms with van der Waals surface area (Å²) in [5, 5.41) is 0. The number of aromatic nitrogens is 3. The molecule has 2 aromatic heterocycles. The fourth-order valence-electron chi connectivity index (χ4n) is 2.59. The van der Waals surface area contributed by atoms with Crippen LogP contribution in [0.2, 0.25) is 0 Å². The molecule has 1 amide bonds. The zero-order valence-electron chi connectivity index (χ0n) is 13.1.